The van der Waals surface area contributed by atoms with E-state index in [2.05, 4.69) is 16.0 Å². The number of carbonyl (C=O) groups excluding carboxylic acids is 1. The molecular formula is C20H23N3O3. The number of nitrogens with zero attached hydrogens (tertiary/aromatic N) is 3. The van der Waals surface area contributed by atoms with E-state index in [1.165, 1.54) is 7.11 Å². The SMILES string of the molecule is COC(=O)CC1CCN(c2nc(C)nc3c2Cc2ccccc2OC3)C1. The molecule has 1 unspecified atom stereocenters. The van der Waals surface area contributed by atoms with Crippen LogP contribution in [0.25, 0.3) is 0 Å². The van der Waals surface area contributed by atoms with Crippen LogP contribution in [0.2, 0.25) is 0 Å². The molecule has 2 aliphatic rings. The van der Waals surface area contributed by atoms with E-state index in [4.69, 9.17) is 14.5 Å². The number of esters is 1. The van der Waals surface area contributed by atoms with Gasteiger partial charge in [0.15, 0.2) is 0 Å². The number of rotatable bonds is 3. The average molecular weight is 353 g/mol. The second-order valence-electron chi connectivity index (χ2n) is 6.97. The van der Waals surface area contributed by atoms with Gasteiger partial charge in [0.25, 0.3) is 0 Å². The Bertz CT molecular complexity index is 837. The van der Waals surface area contributed by atoms with Crippen molar-refractivity contribution in [1.82, 2.24) is 9.97 Å². The molecule has 0 aliphatic carbocycles. The maximum atomic E-state index is 11.6. The third kappa shape index (κ3) is 3.23. The van der Waals surface area contributed by atoms with Gasteiger partial charge in [-0.05, 0) is 30.9 Å². The Morgan fingerprint density at radius 3 is 3.04 bits per heavy atom. The lowest BCUT2D eigenvalue weighted by molar-refractivity contribution is -0.141. The molecule has 1 saturated heterocycles. The van der Waals surface area contributed by atoms with Gasteiger partial charge >= 0.3 is 5.97 Å². The zero-order chi connectivity index (χ0) is 18.1. The van der Waals surface area contributed by atoms with E-state index in [0.717, 1.165) is 60.1 Å². The number of fused-ring (bicyclic) bond motifs is 2. The van der Waals surface area contributed by atoms with E-state index in [9.17, 15) is 4.79 Å². The van der Waals surface area contributed by atoms with Gasteiger partial charge < -0.3 is 14.4 Å². The van der Waals surface area contributed by atoms with Crippen LogP contribution >= 0.6 is 0 Å². The lowest BCUT2D eigenvalue weighted by atomic mass is 10.0. The third-order valence-corrected chi connectivity index (χ3v) is 5.16. The monoisotopic (exact) mass is 353 g/mol. The summed E-state index contributed by atoms with van der Waals surface area (Å²) in [5.41, 5.74) is 3.25. The van der Waals surface area contributed by atoms with E-state index in [1.807, 2.05) is 25.1 Å². The van der Waals surface area contributed by atoms with E-state index in [-0.39, 0.29) is 5.97 Å². The summed E-state index contributed by atoms with van der Waals surface area (Å²) in [6, 6.07) is 8.12. The maximum Gasteiger partial charge on any atom is 0.305 e. The number of aryl methyl sites for hydroxylation is 1. The molecule has 1 atom stereocenters. The Labute approximate surface area is 153 Å². The fourth-order valence-electron chi connectivity index (χ4n) is 3.84. The second-order valence-corrected chi connectivity index (χ2v) is 6.97. The molecule has 2 aromatic rings. The fourth-order valence-corrected chi connectivity index (χ4v) is 3.84. The third-order valence-electron chi connectivity index (χ3n) is 5.16. The average Bonchev–Trinajstić information content (AvgIpc) is 3.01. The molecule has 6 nitrogen and oxygen atoms in total. The van der Waals surface area contributed by atoms with E-state index in [1.54, 1.807) is 0 Å². The van der Waals surface area contributed by atoms with Crippen LogP contribution in [-0.4, -0.2) is 36.1 Å². The molecule has 2 aliphatic heterocycles. The summed E-state index contributed by atoms with van der Waals surface area (Å²) < 4.78 is 10.8. The van der Waals surface area contributed by atoms with Crippen molar-refractivity contribution in [2.24, 2.45) is 5.92 Å². The Morgan fingerprint density at radius 1 is 1.35 bits per heavy atom. The molecular weight excluding hydrogens is 330 g/mol. The quantitative estimate of drug-likeness (QED) is 0.791. The number of anilines is 1. The molecule has 136 valence electrons. The predicted molar refractivity (Wildman–Crippen MR) is 97.3 cm³/mol. The van der Waals surface area contributed by atoms with Crippen molar-refractivity contribution in [1.29, 1.82) is 0 Å². The van der Waals surface area contributed by atoms with Crippen molar-refractivity contribution < 1.29 is 14.3 Å². The first kappa shape index (κ1) is 16.8. The van der Waals surface area contributed by atoms with Gasteiger partial charge in [0.2, 0.25) is 0 Å². The van der Waals surface area contributed by atoms with Crippen LogP contribution in [0.15, 0.2) is 24.3 Å². The van der Waals surface area contributed by atoms with Crippen molar-refractivity contribution in [2.75, 3.05) is 25.1 Å². The van der Waals surface area contributed by atoms with Crippen molar-refractivity contribution in [3.8, 4) is 5.75 Å². The number of benzene rings is 1. The molecule has 1 aromatic carbocycles. The van der Waals surface area contributed by atoms with E-state index < -0.39 is 0 Å². The van der Waals surface area contributed by atoms with E-state index in [0.29, 0.717) is 18.9 Å². The lowest BCUT2D eigenvalue weighted by Crippen LogP contribution is -2.24. The molecule has 0 radical (unpaired) electrons. The van der Waals surface area contributed by atoms with Crippen molar-refractivity contribution in [3.05, 3.63) is 46.9 Å². The highest BCUT2D eigenvalue weighted by molar-refractivity contribution is 5.69. The van der Waals surface area contributed by atoms with Crippen LogP contribution in [0, 0.1) is 12.8 Å². The number of hydrogen-bond acceptors (Lipinski definition) is 6. The van der Waals surface area contributed by atoms with Crippen LogP contribution < -0.4 is 9.64 Å². The number of ether oxygens (including phenoxy) is 2. The van der Waals surface area contributed by atoms with Crippen molar-refractivity contribution in [2.45, 2.75) is 32.8 Å². The highest BCUT2D eigenvalue weighted by Gasteiger charge is 2.29. The minimum absolute atomic E-state index is 0.142. The van der Waals surface area contributed by atoms with Crippen LogP contribution in [0.5, 0.6) is 5.75 Å². The summed E-state index contributed by atoms with van der Waals surface area (Å²) in [7, 11) is 1.44. The largest absolute Gasteiger partial charge is 0.487 e. The van der Waals surface area contributed by atoms with Crippen LogP contribution in [0.1, 0.15) is 35.5 Å². The van der Waals surface area contributed by atoms with Gasteiger partial charge in [-0.15, -0.1) is 0 Å². The first-order valence-electron chi connectivity index (χ1n) is 9.03. The topological polar surface area (TPSA) is 64.5 Å². The Morgan fingerprint density at radius 2 is 2.19 bits per heavy atom. The smallest absolute Gasteiger partial charge is 0.305 e. The standard InChI is InChI=1S/C20H23N3O3/c1-13-21-17-12-26-18-6-4-3-5-15(18)10-16(17)20(22-13)23-8-7-14(11-23)9-19(24)25-2/h3-6,14H,7-12H2,1-2H3. The molecule has 26 heavy (non-hydrogen) atoms. The molecule has 0 N–H and O–H groups in total. The van der Waals surface area contributed by atoms with E-state index >= 15 is 0 Å². The molecule has 1 fully saturated rings. The Kier molecular flexibility index (Phi) is 4.49. The van der Waals surface area contributed by atoms with Gasteiger partial charge in [-0.3, -0.25) is 4.79 Å². The molecule has 0 spiro atoms. The maximum absolute atomic E-state index is 11.6. The van der Waals surface area contributed by atoms with Gasteiger partial charge in [-0.25, -0.2) is 9.97 Å². The summed E-state index contributed by atoms with van der Waals surface area (Å²) in [5, 5.41) is 0. The zero-order valence-electron chi connectivity index (χ0n) is 15.2. The number of hydrogen-bond donors (Lipinski definition) is 0. The number of aromatic nitrogens is 2. The van der Waals surface area contributed by atoms with Gasteiger partial charge in [-0.2, -0.15) is 0 Å². The molecule has 4 rings (SSSR count). The number of para-hydroxylation sites is 1. The first-order valence-corrected chi connectivity index (χ1v) is 9.03. The fraction of sp³-hybridized carbons (Fsp3) is 0.450. The Hall–Kier alpha value is -2.63. The second kappa shape index (κ2) is 6.94. The summed E-state index contributed by atoms with van der Waals surface area (Å²) in [6.45, 7) is 4.10. The van der Waals surface area contributed by atoms with Gasteiger partial charge in [0, 0.05) is 25.1 Å². The van der Waals surface area contributed by atoms with Crippen LogP contribution in [-0.2, 0) is 22.6 Å². The summed E-state index contributed by atoms with van der Waals surface area (Å²) in [6.07, 6.45) is 2.20. The summed E-state index contributed by atoms with van der Waals surface area (Å²) in [5.74, 6) is 2.82. The molecule has 0 saturated carbocycles. The predicted octanol–water partition coefficient (Wildman–Crippen LogP) is 2.66. The van der Waals surface area contributed by atoms with Crippen LogP contribution in [0.3, 0.4) is 0 Å². The molecule has 3 heterocycles. The summed E-state index contributed by atoms with van der Waals surface area (Å²) in [4.78, 5) is 23.3. The Balaban J connectivity index is 1.64. The van der Waals surface area contributed by atoms with Crippen molar-refractivity contribution >= 4 is 11.8 Å². The molecule has 6 heteroatoms. The summed E-state index contributed by atoms with van der Waals surface area (Å²) >= 11 is 0. The highest BCUT2D eigenvalue weighted by atomic mass is 16.5. The normalized spacial score (nSPS) is 18.5. The minimum atomic E-state index is -0.142. The first-order chi connectivity index (χ1) is 12.6. The highest BCUT2D eigenvalue weighted by Crippen LogP contribution is 2.34. The number of carbonyl (C=O) groups is 1. The van der Waals surface area contributed by atoms with Crippen LogP contribution in [0.4, 0.5) is 5.82 Å². The number of methoxy groups -OCH3 is 1. The van der Waals surface area contributed by atoms with Gasteiger partial charge in [0.05, 0.1) is 19.2 Å². The molecule has 1 aromatic heterocycles. The molecule has 0 bridgehead atoms. The van der Waals surface area contributed by atoms with Gasteiger partial charge in [0.1, 0.15) is 24.0 Å². The minimum Gasteiger partial charge on any atom is -0.487 e. The lowest BCUT2D eigenvalue weighted by Gasteiger charge is -2.22. The van der Waals surface area contributed by atoms with Gasteiger partial charge in [-0.1, -0.05) is 18.2 Å². The van der Waals surface area contributed by atoms with Crippen molar-refractivity contribution in [3.63, 3.8) is 0 Å². The zero-order valence-corrected chi connectivity index (χ0v) is 15.2. The molecule has 0 amide bonds.